The zero-order valence-electron chi connectivity index (χ0n) is 12.3. The summed E-state index contributed by atoms with van der Waals surface area (Å²) in [4.78, 5) is 19.0. The molecule has 5 heteroatoms. The maximum Gasteiger partial charge on any atom is 0.254 e. The van der Waals surface area contributed by atoms with Gasteiger partial charge in [0, 0.05) is 16.2 Å². The first-order chi connectivity index (χ1) is 10.6. The van der Waals surface area contributed by atoms with Crippen molar-refractivity contribution < 1.29 is 4.79 Å². The van der Waals surface area contributed by atoms with Gasteiger partial charge in [-0.3, -0.25) is 4.79 Å². The lowest BCUT2D eigenvalue weighted by atomic mass is 10.2. The lowest BCUT2D eigenvalue weighted by Crippen LogP contribution is -2.29. The molecule has 0 fully saturated rings. The fraction of sp³-hybridized carbons (Fsp3) is 0.176. The van der Waals surface area contributed by atoms with Crippen LogP contribution in [0.5, 0.6) is 0 Å². The van der Waals surface area contributed by atoms with Crippen LogP contribution in [-0.2, 0) is 0 Å². The second kappa shape index (κ2) is 6.34. The normalized spacial score (nSPS) is 12.3. The van der Waals surface area contributed by atoms with Gasteiger partial charge in [0.2, 0.25) is 0 Å². The zero-order valence-corrected chi connectivity index (χ0v) is 15.3. The Morgan fingerprint density at radius 3 is 2.73 bits per heavy atom. The van der Waals surface area contributed by atoms with E-state index in [-0.39, 0.29) is 11.9 Å². The highest BCUT2D eigenvalue weighted by atomic mass is 127. The quantitative estimate of drug-likeness (QED) is 0.572. The number of benzene rings is 2. The summed E-state index contributed by atoms with van der Waals surface area (Å²) in [7, 11) is 1.83. The summed E-state index contributed by atoms with van der Waals surface area (Å²) in [5.41, 5.74) is 1.70. The van der Waals surface area contributed by atoms with Crippen molar-refractivity contribution in [2.45, 2.75) is 13.0 Å². The van der Waals surface area contributed by atoms with Gasteiger partial charge >= 0.3 is 0 Å². The number of rotatable bonds is 3. The Morgan fingerprint density at radius 1 is 1.23 bits per heavy atom. The molecule has 0 saturated heterocycles. The smallest absolute Gasteiger partial charge is 0.254 e. The van der Waals surface area contributed by atoms with E-state index in [9.17, 15) is 4.79 Å². The number of carbonyl (C=O) groups is 1. The molecule has 0 spiro atoms. The van der Waals surface area contributed by atoms with E-state index in [0.717, 1.165) is 18.8 Å². The number of aromatic nitrogens is 1. The lowest BCUT2D eigenvalue weighted by molar-refractivity contribution is 0.0742. The summed E-state index contributed by atoms with van der Waals surface area (Å²) in [6.45, 7) is 2.02. The molecule has 0 N–H and O–H groups in total. The molecule has 0 aliphatic carbocycles. The molecule has 0 bridgehead atoms. The van der Waals surface area contributed by atoms with Crippen LogP contribution in [0.2, 0.25) is 0 Å². The van der Waals surface area contributed by atoms with Gasteiger partial charge in [-0.2, -0.15) is 0 Å². The number of hydrogen-bond acceptors (Lipinski definition) is 3. The molecule has 1 heterocycles. The molecule has 3 nitrogen and oxygen atoms in total. The van der Waals surface area contributed by atoms with Crippen molar-refractivity contribution >= 4 is 50.1 Å². The zero-order chi connectivity index (χ0) is 15.7. The van der Waals surface area contributed by atoms with E-state index in [2.05, 4.69) is 33.6 Å². The summed E-state index contributed by atoms with van der Waals surface area (Å²) in [5, 5.41) is 0.961. The fourth-order valence-electron chi connectivity index (χ4n) is 2.24. The van der Waals surface area contributed by atoms with Gasteiger partial charge in [0.05, 0.1) is 16.3 Å². The highest BCUT2D eigenvalue weighted by molar-refractivity contribution is 14.1. The maximum absolute atomic E-state index is 12.6. The van der Waals surface area contributed by atoms with E-state index < -0.39 is 0 Å². The van der Waals surface area contributed by atoms with Gasteiger partial charge < -0.3 is 4.90 Å². The molecule has 0 aliphatic rings. The molecule has 1 unspecified atom stereocenters. The summed E-state index contributed by atoms with van der Waals surface area (Å²) in [5.74, 6) is 0.0188. The van der Waals surface area contributed by atoms with Gasteiger partial charge in [0.25, 0.3) is 5.91 Å². The number of thiazole rings is 1. The average Bonchev–Trinajstić information content (AvgIpc) is 2.96. The number of hydrogen-bond donors (Lipinski definition) is 0. The van der Waals surface area contributed by atoms with Crippen LogP contribution < -0.4 is 0 Å². The highest BCUT2D eigenvalue weighted by Gasteiger charge is 2.21. The van der Waals surface area contributed by atoms with Crippen LogP contribution in [0.15, 0.2) is 48.5 Å². The second-order valence-corrected chi connectivity index (χ2v) is 7.43. The average molecular weight is 422 g/mol. The minimum absolute atomic E-state index is 0.0188. The van der Waals surface area contributed by atoms with E-state index in [1.807, 2.05) is 56.4 Å². The van der Waals surface area contributed by atoms with E-state index in [1.165, 1.54) is 0 Å². The van der Waals surface area contributed by atoms with Gasteiger partial charge in [-0.15, -0.1) is 11.3 Å². The monoisotopic (exact) mass is 422 g/mol. The number of nitrogens with zero attached hydrogens (tertiary/aromatic N) is 2. The van der Waals surface area contributed by atoms with Crippen molar-refractivity contribution in [2.75, 3.05) is 7.05 Å². The predicted octanol–water partition coefficient (Wildman–Crippen LogP) is 4.73. The third-order valence-corrected chi connectivity index (χ3v) is 5.52. The lowest BCUT2D eigenvalue weighted by Gasteiger charge is -2.23. The third-order valence-electron chi connectivity index (χ3n) is 3.64. The molecule has 2 aromatic carbocycles. The topological polar surface area (TPSA) is 33.2 Å². The van der Waals surface area contributed by atoms with Crippen molar-refractivity contribution in [2.24, 2.45) is 0 Å². The van der Waals surface area contributed by atoms with E-state index >= 15 is 0 Å². The van der Waals surface area contributed by atoms with Crippen molar-refractivity contribution in [3.63, 3.8) is 0 Å². The molecule has 0 radical (unpaired) electrons. The standard InChI is InChI=1S/C17H15IN2OS/c1-11(16-19-14-8-3-4-9-15(14)22-16)20(2)17(21)12-6-5-7-13(18)10-12/h3-11H,1-2H3. The maximum atomic E-state index is 12.6. The first-order valence-corrected chi connectivity index (χ1v) is 8.84. The van der Waals surface area contributed by atoms with Gasteiger partial charge in [0.1, 0.15) is 5.01 Å². The number of amides is 1. The minimum atomic E-state index is -0.0530. The van der Waals surface area contributed by atoms with Crippen LogP contribution in [0.4, 0.5) is 0 Å². The molecule has 22 heavy (non-hydrogen) atoms. The summed E-state index contributed by atoms with van der Waals surface area (Å²) in [6, 6.07) is 15.7. The van der Waals surface area contributed by atoms with Crippen LogP contribution in [0, 0.1) is 3.57 Å². The Hall–Kier alpha value is -1.47. The molecule has 1 aromatic heterocycles. The van der Waals surface area contributed by atoms with Gasteiger partial charge in [-0.25, -0.2) is 4.98 Å². The van der Waals surface area contributed by atoms with Crippen molar-refractivity contribution in [3.05, 3.63) is 62.7 Å². The molecule has 1 amide bonds. The summed E-state index contributed by atoms with van der Waals surface area (Å²) >= 11 is 3.86. The van der Waals surface area contributed by atoms with E-state index in [0.29, 0.717) is 5.56 Å². The SMILES string of the molecule is CC(c1nc2ccccc2s1)N(C)C(=O)c1cccc(I)c1. The van der Waals surface area contributed by atoms with Crippen LogP contribution in [-0.4, -0.2) is 22.8 Å². The Kier molecular flexibility index (Phi) is 4.44. The van der Waals surface area contributed by atoms with Crippen LogP contribution in [0.3, 0.4) is 0 Å². The van der Waals surface area contributed by atoms with Crippen molar-refractivity contribution in [3.8, 4) is 0 Å². The second-order valence-electron chi connectivity index (χ2n) is 5.12. The minimum Gasteiger partial charge on any atom is -0.333 e. The summed E-state index contributed by atoms with van der Waals surface area (Å²) in [6.07, 6.45) is 0. The predicted molar refractivity (Wildman–Crippen MR) is 99.3 cm³/mol. The number of fused-ring (bicyclic) bond motifs is 1. The first kappa shape index (κ1) is 15.4. The number of para-hydroxylation sites is 1. The summed E-state index contributed by atoms with van der Waals surface area (Å²) < 4.78 is 2.21. The molecule has 112 valence electrons. The van der Waals surface area contributed by atoms with Gasteiger partial charge in [-0.1, -0.05) is 18.2 Å². The Morgan fingerprint density at radius 2 is 2.00 bits per heavy atom. The van der Waals surface area contributed by atoms with Crippen molar-refractivity contribution in [1.82, 2.24) is 9.88 Å². The fourth-order valence-corrected chi connectivity index (χ4v) is 3.84. The van der Waals surface area contributed by atoms with Crippen LogP contribution >= 0.6 is 33.9 Å². The highest BCUT2D eigenvalue weighted by Crippen LogP contribution is 2.29. The molecule has 0 aliphatic heterocycles. The molecular formula is C17H15IN2OS. The Bertz CT molecular complexity index is 797. The number of carbonyl (C=O) groups excluding carboxylic acids is 1. The number of halogens is 1. The molecular weight excluding hydrogens is 407 g/mol. The molecule has 3 rings (SSSR count). The third kappa shape index (κ3) is 3.01. The van der Waals surface area contributed by atoms with Crippen molar-refractivity contribution in [1.29, 1.82) is 0 Å². The molecule has 3 aromatic rings. The van der Waals surface area contributed by atoms with E-state index in [4.69, 9.17) is 0 Å². The van der Waals surface area contributed by atoms with Gasteiger partial charge in [-0.05, 0) is 59.8 Å². The van der Waals surface area contributed by atoms with E-state index in [1.54, 1.807) is 16.2 Å². The van der Waals surface area contributed by atoms with Gasteiger partial charge in [0.15, 0.2) is 0 Å². The molecule has 1 atom stereocenters. The van der Waals surface area contributed by atoms with Crippen LogP contribution in [0.25, 0.3) is 10.2 Å². The first-order valence-electron chi connectivity index (χ1n) is 6.94. The van der Waals surface area contributed by atoms with Crippen LogP contribution in [0.1, 0.15) is 28.3 Å². The molecule has 0 saturated carbocycles. The Labute approximate surface area is 147 Å². The Balaban J connectivity index is 1.87. The largest absolute Gasteiger partial charge is 0.333 e.